The molecule has 8 heteroatoms. The van der Waals surface area contributed by atoms with E-state index in [1.165, 1.54) is 0 Å². The van der Waals surface area contributed by atoms with Crippen molar-refractivity contribution in [3.63, 3.8) is 0 Å². The number of morpholine rings is 1. The second kappa shape index (κ2) is 5.49. The molecular weight excluding hydrogens is 256 g/mol. The van der Waals surface area contributed by atoms with Crippen LogP contribution in [0.1, 0.15) is 6.92 Å². The largest absolute Gasteiger partial charge is 0.378 e. The van der Waals surface area contributed by atoms with Crippen LogP contribution in [0.4, 0.5) is 11.6 Å². The van der Waals surface area contributed by atoms with Crippen molar-refractivity contribution in [2.45, 2.75) is 6.92 Å². The van der Waals surface area contributed by atoms with Crippen LogP contribution in [0, 0.1) is 0 Å². The van der Waals surface area contributed by atoms with Gasteiger partial charge < -0.3 is 9.64 Å². The second-order valence-electron chi connectivity index (χ2n) is 3.88. The van der Waals surface area contributed by atoms with Crippen LogP contribution in [0.5, 0.6) is 0 Å². The maximum absolute atomic E-state index is 11.3. The van der Waals surface area contributed by atoms with Crippen molar-refractivity contribution in [3.05, 3.63) is 12.1 Å². The average Bonchev–Trinajstić information content (AvgIpc) is 2.40. The SMILES string of the molecule is CCS(=O)(=O)Nc1ccc(N2CCOCC2)nn1. The Morgan fingerprint density at radius 1 is 1.33 bits per heavy atom. The first-order valence-corrected chi connectivity index (χ1v) is 7.43. The zero-order valence-corrected chi connectivity index (χ0v) is 11.0. The molecule has 0 saturated carbocycles. The van der Waals surface area contributed by atoms with E-state index in [4.69, 9.17) is 4.74 Å². The Morgan fingerprint density at radius 3 is 2.61 bits per heavy atom. The highest BCUT2D eigenvalue weighted by molar-refractivity contribution is 7.92. The molecule has 2 heterocycles. The first-order chi connectivity index (χ1) is 8.61. The lowest BCUT2D eigenvalue weighted by Gasteiger charge is -2.27. The molecule has 0 bridgehead atoms. The van der Waals surface area contributed by atoms with Gasteiger partial charge in [0.1, 0.15) is 0 Å². The Balaban J connectivity index is 2.05. The number of nitrogens with zero attached hydrogens (tertiary/aromatic N) is 3. The van der Waals surface area contributed by atoms with Crippen molar-refractivity contribution in [3.8, 4) is 0 Å². The zero-order chi connectivity index (χ0) is 13.0. The summed E-state index contributed by atoms with van der Waals surface area (Å²) in [5.74, 6) is 0.992. The molecule has 100 valence electrons. The fraction of sp³-hybridized carbons (Fsp3) is 0.600. The normalized spacial score (nSPS) is 16.6. The number of anilines is 2. The average molecular weight is 272 g/mol. The Hall–Kier alpha value is -1.41. The Bertz CT molecular complexity index is 482. The fourth-order valence-electron chi connectivity index (χ4n) is 1.57. The number of rotatable bonds is 4. The van der Waals surface area contributed by atoms with Gasteiger partial charge in [-0.2, -0.15) is 0 Å². The molecule has 0 spiro atoms. The smallest absolute Gasteiger partial charge is 0.233 e. The van der Waals surface area contributed by atoms with Gasteiger partial charge in [-0.3, -0.25) is 4.72 Å². The summed E-state index contributed by atoms with van der Waals surface area (Å²) in [4.78, 5) is 2.05. The lowest BCUT2D eigenvalue weighted by Crippen LogP contribution is -2.36. The Morgan fingerprint density at radius 2 is 2.06 bits per heavy atom. The molecule has 7 nitrogen and oxygen atoms in total. The van der Waals surface area contributed by atoms with Crippen molar-refractivity contribution in [2.75, 3.05) is 41.7 Å². The molecule has 0 atom stereocenters. The summed E-state index contributed by atoms with van der Waals surface area (Å²) >= 11 is 0. The molecule has 0 unspecified atom stereocenters. The molecule has 0 radical (unpaired) electrons. The topological polar surface area (TPSA) is 84.4 Å². The molecule has 2 rings (SSSR count). The summed E-state index contributed by atoms with van der Waals surface area (Å²) in [7, 11) is -3.30. The van der Waals surface area contributed by atoms with E-state index in [2.05, 4.69) is 19.8 Å². The van der Waals surface area contributed by atoms with E-state index in [-0.39, 0.29) is 11.6 Å². The molecule has 1 aromatic rings. The molecule has 1 aliphatic rings. The molecule has 0 aromatic carbocycles. The quantitative estimate of drug-likeness (QED) is 0.835. The van der Waals surface area contributed by atoms with Gasteiger partial charge in [-0.05, 0) is 19.1 Å². The van der Waals surface area contributed by atoms with Crippen molar-refractivity contribution >= 4 is 21.7 Å². The number of sulfonamides is 1. The van der Waals surface area contributed by atoms with Crippen molar-refractivity contribution in [1.29, 1.82) is 0 Å². The third kappa shape index (κ3) is 3.30. The molecule has 0 aliphatic carbocycles. The maximum Gasteiger partial charge on any atom is 0.233 e. The van der Waals surface area contributed by atoms with Gasteiger partial charge in [0.05, 0.1) is 19.0 Å². The molecule has 1 fully saturated rings. The van der Waals surface area contributed by atoms with Crippen LogP contribution in [0.15, 0.2) is 12.1 Å². The molecule has 18 heavy (non-hydrogen) atoms. The van der Waals surface area contributed by atoms with Crippen molar-refractivity contribution in [1.82, 2.24) is 10.2 Å². The van der Waals surface area contributed by atoms with Gasteiger partial charge in [-0.1, -0.05) is 0 Å². The van der Waals surface area contributed by atoms with Gasteiger partial charge in [-0.25, -0.2) is 8.42 Å². The third-order valence-corrected chi connectivity index (χ3v) is 3.91. The van der Waals surface area contributed by atoms with Gasteiger partial charge in [0.25, 0.3) is 0 Å². The third-order valence-electron chi connectivity index (χ3n) is 2.63. The minimum Gasteiger partial charge on any atom is -0.378 e. The van der Waals surface area contributed by atoms with E-state index in [9.17, 15) is 8.42 Å². The maximum atomic E-state index is 11.3. The monoisotopic (exact) mass is 272 g/mol. The summed E-state index contributed by atoms with van der Waals surface area (Å²) in [6.45, 7) is 4.46. The summed E-state index contributed by atoms with van der Waals surface area (Å²) in [5.41, 5.74) is 0. The lowest BCUT2D eigenvalue weighted by molar-refractivity contribution is 0.122. The highest BCUT2D eigenvalue weighted by Crippen LogP contribution is 2.13. The predicted octanol–water partition coefficient (Wildman–Crippen LogP) is 0.0748. The number of hydrogen-bond acceptors (Lipinski definition) is 6. The van der Waals surface area contributed by atoms with Gasteiger partial charge in [0.2, 0.25) is 10.0 Å². The highest BCUT2D eigenvalue weighted by atomic mass is 32.2. The molecule has 1 saturated heterocycles. The Kier molecular flexibility index (Phi) is 3.97. The van der Waals surface area contributed by atoms with Crippen LogP contribution in [0.25, 0.3) is 0 Å². The molecular formula is C10H16N4O3S. The number of nitrogens with one attached hydrogen (secondary N) is 1. The van der Waals surface area contributed by atoms with Gasteiger partial charge in [0.15, 0.2) is 11.6 Å². The van der Waals surface area contributed by atoms with Gasteiger partial charge in [0, 0.05) is 13.1 Å². The number of hydrogen-bond donors (Lipinski definition) is 1. The van der Waals surface area contributed by atoms with Gasteiger partial charge >= 0.3 is 0 Å². The molecule has 1 aliphatic heterocycles. The number of ether oxygens (including phenoxy) is 1. The minimum atomic E-state index is -3.30. The van der Waals surface area contributed by atoms with Crippen LogP contribution in [0.2, 0.25) is 0 Å². The van der Waals surface area contributed by atoms with Crippen molar-refractivity contribution < 1.29 is 13.2 Å². The summed E-state index contributed by atoms with van der Waals surface area (Å²) in [6.07, 6.45) is 0. The van der Waals surface area contributed by atoms with E-state index in [1.54, 1.807) is 19.1 Å². The Labute approximate surface area is 106 Å². The molecule has 1 aromatic heterocycles. The van der Waals surface area contributed by atoms with Crippen LogP contribution in [-0.2, 0) is 14.8 Å². The number of aromatic nitrogens is 2. The summed E-state index contributed by atoms with van der Waals surface area (Å²) in [6, 6.07) is 3.37. The van der Waals surface area contributed by atoms with E-state index in [0.29, 0.717) is 13.2 Å². The lowest BCUT2D eigenvalue weighted by atomic mass is 10.4. The van der Waals surface area contributed by atoms with Crippen LogP contribution in [-0.4, -0.2) is 50.7 Å². The highest BCUT2D eigenvalue weighted by Gasteiger charge is 2.13. The molecule has 0 amide bonds. The minimum absolute atomic E-state index is 0.0138. The first-order valence-electron chi connectivity index (χ1n) is 5.77. The predicted molar refractivity (Wildman–Crippen MR) is 68.1 cm³/mol. The van der Waals surface area contributed by atoms with Gasteiger partial charge in [-0.15, -0.1) is 10.2 Å². The molecule has 1 N–H and O–H groups in total. The van der Waals surface area contributed by atoms with Crippen LogP contribution < -0.4 is 9.62 Å². The van der Waals surface area contributed by atoms with Crippen LogP contribution in [0.3, 0.4) is 0 Å². The van der Waals surface area contributed by atoms with E-state index < -0.39 is 10.0 Å². The second-order valence-corrected chi connectivity index (χ2v) is 5.89. The van der Waals surface area contributed by atoms with E-state index in [1.807, 2.05) is 0 Å². The first kappa shape index (κ1) is 13.0. The fourth-order valence-corrected chi connectivity index (χ4v) is 2.14. The zero-order valence-electron chi connectivity index (χ0n) is 10.2. The van der Waals surface area contributed by atoms with Crippen molar-refractivity contribution in [2.24, 2.45) is 0 Å². The summed E-state index contributed by atoms with van der Waals surface area (Å²) in [5, 5.41) is 7.88. The van der Waals surface area contributed by atoms with E-state index >= 15 is 0 Å². The van der Waals surface area contributed by atoms with E-state index in [0.717, 1.165) is 18.9 Å². The summed E-state index contributed by atoms with van der Waals surface area (Å²) < 4.78 is 30.3. The van der Waals surface area contributed by atoms with Crippen LogP contribution >= 0.6 is 0 Å². The standard InChI is InChI=1S/C10H16N4O3S/c1-2-18(15,16)13-9-3-4-10(12-11-9)14-5-7-17-8-6-14/h3-4H,2,5-8H2,1H3,(H,11,13).